The Bertz CT molecular complexity index is 551. The van der Waals surface area contributed by atoms with Crippen LogP contribution in [-0.2, 0) is 6.42 Å². The van der Waals surface area contributed by atoms with Gasteiger partial charge in [0.25, 0.3) is 0 Å². The maximum Gasteiger partial charge on any atom is 0.347 e. The van der Waals surface area contributed by atoms with Gasteiger partial charge in [0, 0.05) is 6.42 Å². The number of aromatic nitrogens is 1. The number of hydrogen-bond donors (Lipinski definition) is 1. The van der Waals surface area contributed by atoms with E-state index in [9.17, 15) is 4.79 Å². The van der Waals surface area contributed by atoms with Gasteiger partial charge in [-0.3, -0.25) is 0 Å². The third-order valence-corrected chi connectivity index (χ3v) is 3.38. The van der Waals surface area contributed by atoms with Gasteiger partial charge < -0.3 is 9.84 Å². The second kappa shape index (κ2) is 5.64. The molecule has 1 N–H and O–H groups in total. The molecular formula is C13H13NO3S. The Morgan fingerprint density at radius 1 is 1.50 bits per heavy atom. The van der Waals surface area contributed by atoms with Crippen molar-refractivity contribution in [3.05, 3.63) is 45.9 Å². The standard InChI is InChI=1S/C13H13NO3S/c1-9-3-2-4-10(7-9)17-6-5-12-14-8-11(18-12)13(15)16/h2-4,7-8H,5-6H2,1H3,(H,15,16). The molecule has 1 aromatic heterocycles. The average Bonchev–Trinajstić information content (AvgIpc) is 2.78. The van der Waals surface area contributed by atoms with Gasteiger partial charge in [-0.05, 0) is 24.6 Å². The molecule has 0 aliphatic heterocycles. The molecule has 0 saturated heterocycles. The van der Waals surface area contributed by atoms with Gasteiger partial charge in [-0.2, -0.15) is 0 Å². The van der Waals surface area contributed by atoms with Crippen molar-refractivity contribution < 1.29 is 14.6 Å². The van der Waals surface area contributed by atoms with Crippen molar-refractivity contribution in [2.45, 2.75) is 13.3 Å². The van der Waals surface area contributed by atoms with Gasteiger partial charge in [0.1, 0.15) is 10.6 Å². The van der Waals surface area contributed by atoms with E-state index in [1.807, 2.05) is 31.2 Å². The minimum Gasteiger partial charge on any atom is -0.493 e. The van der Waals surface area contributed by atoms with Gasteiger partial charge in [-0.1, -0.05) is 12.1 Å². The number of rotatable bonds is 5. The van der Waals surface area contributed by atoms with E-state index in [1.54, 1.807) is 0 Å². The number of carboxylic acid groups (broad SMARTS) is 1. The van der Waals surface area contributed by atoms with Gasteiger partial charge in [0.05, 0.1) is 17.8 Å². The average molecular weight is 263 g/mol. The van der Waals surface area contributed by atoms with Crippen molar-refractivity contribution in [2.24, 2.45) is 0 Å². The maximum atomic E-state index is 10.7. The molecular weight excluding hydrogens is 250 g/mol. The number of carbonyl (C=O) groups is 1. The van der Waals surface area contributed by atoms with Gasteiger partial charge in [-0.25, -0.2) is 9.78 Å². The first-order chi connectivity index (χ1) is 8.65. The number of aromatic carboxylic acids is 1. The molecule has 1 heterocycles. The zero-order chi connectivity index (χ0) is 13.0. The lowest BCUT2D eigenvalue weighted by Gasteiger charge is -2.05. The van der Waals surface area contributed by atoms with Gasteiger partial charge in [-0.15, -0.1) is 11.3 Å². The molecule has 18 heavy (non-hydrogen) atoms. The Morgan fingerprint density at radius 2 is 2.33 bits per heavy atom. The molecule has 94 valence electrons. The molecule has 0 spiro atoms. The predicted octanol–water partition coefficient (Wildman–Crippen LogP) is 2.77. The monoisotopic (exact) mass is 263 g/mol. The van der Waals surface area contributed by atoms with Crippen molar-refractivity contribution in [1.82, 2.24) is 4.98 Å². The lowest BCUT2D eigenvalue weighted by molar-refractivity contribution is 0.0702. The molecule has 0 aliphatic rings. The fourth-order valence-corrected chi connectivity index (χ4v) is 2.22. The highest BCUT2D eigenvalue weighted by atomic mass is 32.1. The van der Waals surface area contributed by atoms with Crippen LogP contribution in [0.2, 0.25) is 0 Å². The number of carboxylic acids is 1. The second-order valence-corrected chi connectivity index (χ2v) is 4.95. The van der Waals surface area contributed by atoms with E-state index in [0.29, 0.717) is 13.0 Å². The highest BCUT2D eigenvalue weighted by molar-refractivity contribution is 7.13. The molecule has 0 bridgehead atoms. The summed E-state index contributed by atoms with van der Waals surface area (Å²) in [6.07, 6.45) is 2.00. The number of hydrogen-bond acceptors (Lipinski definition) is 4. The van der Waals surface area contributed by atoms with Crippen molar-refractivity contribution in [3.63, 3.8) is 0 Å². The number of aryl methyl sites for hydroxylation is 1. The van der Waals surface area contributed by atoms with E-state index >= 15 is 0 Å². The summed E-state index contributed by atoms with van der Waals surface area (Å²) >= 11 is 1.19. The van der Waals surface area contributed by atoms with Crippen molar-refractivity contribution in [3.8, 4) is 5.75 Å². The number of thiazole rings is 1. The number of benzene rings is 1. The summed E-state index contributed by atoms with van der Waals surface area (Å²) in [6.45, 7) is 2.50. The fraction of sp³-hybridized carbons (Fsp3) is 0.231. The van der Waals surface area contributed by atoms with Crippen LogP contribution in [0.5, 0.6) is 5.75 Å². The Hall–Kier alpha value is -1.88. The normalized spacial score (nSPS) is 10.3. The summed E-state index contributed by atoms with van der Waals surface area (Å²) < 4.78 is 5.58. The van der Waals surface area contributed by atoms with Crippen LogP contribution >= 0.6 is 11.3 Å². The van der Waals surface area contributed by atoms with Crippen LogP contribution in [0.3, 0.4) is 0 Å². The predicted molar refractivity (Wildman–Crippen MR) is 69.5 cm³/mol. The van der Waals surface area contributed by atoms with Crippen LogP contribution in [0.1, 0.15) is 20.2 Å². The number of nitrogens with zero attached hydrogens (tertiary/aromatic N) is 1. The van der Waals surface area contributed by atoms with Crippen molar-refractivity contribution >= 4 is 17.3 Å². The summed E-state index contributed by atoms with van der Waals surface area (Å²) in [6, 6.07) is 7.81. The second-order valence-electron chi connectivity index (χ2n) is 3.84. The maximum absolute atomic E-state index is 10.7. The molecule has 4 nitrogen and oxygen atoms in total. The Labute approximate surface area is 109 Å². The van der Waals surface area contributed by atoms with Crippen LogP contribution in [0.25, 0.3) is 0 Å². The molecule has 0 amide bonds. The van der Waals surface area contributed by atoms with Crippen LogP contribution in [0.15, 0.2) is 30.5 Å². The zero-order valence-electron chi connectivity index (χ0n) is 9.92. The molecule has 0 aliphatic carbocycles. The molecule has 0 atom stereocenters. The van der Waals surface area contributed by atoms with E-state index in [4.69, 9.17) is 9.84 Å². The SMILES string of the molecule is Cc1cccc(OCCc2ncc(C(=O)O)s2)c1. The highest BCUT2D eigenvalue weighted by Crippen LogP contribution is 2.15. The summed E-state index contributed by atoms with van der Waals surface area (Å²) in [5, 5.41) is 9.55. The van der Waals surface area contributed by atoms with E-state index in [-0.39, 0.29) is 4.88 Å². The van der Waals surface area contributed by atoms with Gasteiger partial charge >= 0.3 is 5.97 Å². The molecule has 2 aromatic rings. The van der Waals surface area contributed by atoms with E-state index in [0.717, 1.165) is 16.3 Å². The Kier molecular flexibility index (Phi) is 3.94. The lowest BCUT2D eigenvalue weighted by Crippen LogP contribution is -2.00. The molecule has 1 aromatic carbocycles. The molecule has 0 unspecified atom stereocenters. The van der Waals surface area contributed by atoms with Crippen molar-refractivity contribution in [2.75, 3.05) is 6.61 Å². The van der Waals surface area contributed by atoms with Crippen LogP contribution in [0.4, 0.5) is 0 Å². The van der Waals surface area contributed by atoms with Crippen LogP contribution < -0.4 is 4.74 Å². The van der Waals surface area contributed by atoms with Gasteiger partial charge in [0.15, 0.2) is 0 Å². The summed E-state index contributed by atoms with van der Waals surface area (Å²) in [4.78, 5) is 15.0. The van der Waals surface area contributed by atoms with Crippen molar-refractivity contribution in [1.29, 1.82) is 0 Å². The van der Waals surface area contributed by atoms with Gasteiger partial charge in [0.2, 0.25) is 0 Å². The summed E-state index contributed by atoms with van der Waals surface area (Å²) in [7, 11) is 0. The Balaban J connectivity index is 1.86. The molecule has 0 saturated carbocycles. The topological polar surface area (TPSA) is 59.4 Å². The van der Waals surface area contributed by atoms with Crippen LogP contribution in [-0.4, -0.2) is 22.7 Å². The smallest absolute Gasteiger partial charge is 0.347 e. The first-order valence-electron chi connectivity index (χ1n) is 5.52. The first kappa shape index (κ1) is 12.6. The zero-order valence-corrected chi connectivity index (χ0v) is 10.7. The molecule has 2 rings (SSSR count). The summed E-state index contributed by atoms with van der Waals surface area (Å²) in [5.74, 6) is -0.108. The quantitative estimate of drug-likeness (QED) is 0.901. The third-order valence-electron chi connectivity index (χ3n) is 2.34. The van der Waals surface area contributed by atoms with E-state index in [2.05, 4.69) is 4.98 Å². The minimum atomic E-state index is -0.932. The molecule has 5 heteroatoms. The number of ether oxygens (including phenoxy) is 1. The largest absolute Gasteiger partial charge is 0.493 e. The van der Waals surface area contributed by atoms with E-state index in [1.165, 1.54) is 17.5 Å². The Morgan fingerprint density at radius 3 is 3.00 bits per heavy atom. The first-order valence-corrected chi connectivity index (χ1v) is 6.34. The molecule has 0 fully saturated rings. The lowest BCUT2D eigenvalue weighted by atomic mass is 10.2. The van der Waals surface area contributed by atoms with E-state index < -0.39 is 5.97 Å². The summed E-state index contributed by atoms with van der Waals surface area (Å²) in [5.41, 5.74) is 1.15. The molecule has 0 radical (unpaired) electrons. The fourth-order valence-electron chi connectivity index (χ4n) is 1.49. The minimum absolute atomic E-state index is 0.264. The van der Waals surface area contributed by atoms with Crippen LogP contribution in [0, 0.1) is 6.92 Å². The third kappa shape index (κ3) is 3.30. The highest BCUT2D eigenvalue weighted by Gasteiger charge is 2.08.